The van der Waals surface area contributed by atoms with E-state index in [4.69, 9.17) is 10.8 Å². The van der Waals surface area contributed by atoms with Crippen LogP contribution in [0.25, 0.3) is 0 Å². The minimum Gasteiger partial charge on any atom is -0.478 e. The van der Waals surface area contributed by atoms with Crippen molar-refractivity contribution in [3.05, 3.63) is 29.6 Å². The summed E-state index contributed by atoms with van der Waals surface area (Å²) in [5.41, 5.74) is 4.61. The summed E-state index contributed by atoms with van der Waals surface area (Å²) in [4.78, 5) is 20.6. The molecule has 1 aromatic carbocycles. The predicted molar refractivity (Wildman–Crippen MR) is 71.6 cm³/mol. The number of nitrogens with one attached hydrogen (secondary N) is 1. The minimum absolute atomic E-state index is 0.00759. The Kier molecular flexibility index (Phi) is 5.79. The van der Waals surface area contributed by atoms with E-state index in [1.807, 2.05) is 0 Å². The maximum atomic E-state index is 13.5. The number of hydrogen-bond acceptors (Lipinski definition) is 4. The molecule has 0 saturated heterocycles. The summed E-state index contributed by atoms with van der Waals surface area (Å²) < 4.78 is 39.5. The van der Waals surface area contributed by atoms with Crippen molar-refractivity contribution in [2.24, 2.45) is 5.73 Å². The van der Waals surface area contributed by atoms with Crippen molar-refractivity contribution in [1.82, 2.24) is 4.72 Å². The molecule has 4 N–H and O–H groups in total. The molecular formula is C12H15FN2O5S. The molecule has 0 fully saturated rings. The van der Waals surface area contributed by atoms with Gasteiger partial charge in [0.2, 0.25) is 15.9 Å². The summed E-state index contributed by atoms with van der Waals surface area (Å²) in [6, 6.07) is 2.51. The Morgan fingerprint density at radius 3 is 2.52 bits per heavy atom. The van der Waals surface area contributed by atoms with Crippen LogP contribution in [0.2, 0.25) is 0 Å². The molecule has 21 heavy (non-hydrogen) atoms. The van der Waals surface area contributed by atoms with E-state index in [9.17, 15) is 22.4 Å². The first kappa shape index (κ1) is 17.1. The molecule has 0 aliphatic rings. The highest BCUT2D eigenvalue weighted by Gasteiger charge is 2.20. The molecule has 0 unspecified atom stereocenters. The molecule has 0 atom stereocenters. The van der Waals surface area contributed by atoms with Crippen molar-refractivity contribution in [1.29, 1.82) is 0 Å². The summed E-state index contributed by atoms with van der Waals surface area (Å²) in [6.45, 7) is -0.00759. The second-order valence-electron chi connectivity index (χ2n) is 4.27. The van der Waals surface area contributed by atoms with E-state index in [0.717, 1.165) is 18.2 Å². The Balaban J connectivity index is 2.76. The number of primary amides is 1. The number of unbranched alkanes of at least 4 members (excludes halogenated alkanes) is 1. The molecule has 116 valence electrons. The Labute approximate surface area is 121 Å². The Bertz CT molecular complexity index is 645. The van der Waals surface area contributed by atoms with Gasteiger partial charge in [-0.05, 0) is 31.0 Å². The number of sulfonamides is 1. The fraction of sp³-hybridized carbons (Fsp3) is 0.333. The molecule has 0 bridgehead atoms. The van der Waals surface area contributed by atoms with Crippen LogP contribution >= 0.6 is 0 Å². The number of hydrogen-bond donors (Lipinski definition) is 3. The molecule has 0 radical (unpaired) electrons. The molecule has 0 heterocycles. The largest absolute Gasteiger partial charge is 0.478 e. The second kappa shape index (κ2) is 7.14. The SMILES string of the molecule is NC(=O)CCCCNS(=O)(=O)c1cc(C(=O)O)ccc1F. The standard InChI is InChI=1S/C12H15FN2O5S/c13-9-5-4-8(12(17)18)7-10(9)21(19,20)15-6-2-1-3-11(14)16/h4-5,7,15H,1-3,6H2,(H2,14,16)(H,17,18). The van der Waals surface area contributed by atoms with Gasteiger partial charge in [-0.2, -0.15) is 0 Å². The van der Waals surface area contributed by atoms with Gasteiger partial charge in [0.15, 0.2) is 0 Å². The summed E-state index contributed by atoms with van der Waals surface area (Å²) in [5, 5.41) is 8.78. The predicted octanol–water partition coefficient (Wildman–Crippen LogP) is 0.458. The fourth-order valence-electron chi connectivity index (χ4n) is 1.55. The fourth-order valence-corrected chi connectivity index (χ4v) is 2.73. The highest BCUT2D eigenvalue weighted by molar-refractivity contribution is 7.89. The van der Waals surface area contributed by atoms with Crippen LogP contribution in [0, 0.1) is 5.82 Å². The van der Waals surface area contributed by atoms with Crippen LogP contribution in [0.5, 0.6) is 0 Å². The van der Waals surface area contributed by atoms with Gasteiger partial charge in [-0.3, -0.25) is 4.79 Å². The molecule has 0 spiro atoms. The first-order valence-corrected chi connectivity index (χ1v) is 7.53. The van der Waals surface area contributed by atoms with Crippen LogP contribution in [0.1, 0.15) is 29.6 Å². The third kappa shape index (κ3) is 5.12. The van der Waals surface area contributed by atoms with Gasteiger partial charge < -0.3 is 10.8 Å². The van der Waals surface area contributed by atoms with Gasteiger partial charge in [0.1, 0.15) is 10.7 Å². The number of carbonyl (C=O) groups is 2. The summed E-state index contributed by atoms with van der Waals surface area (Å²) >= 11 is 0. The minimum atomic E-state index is -4.15. The summed E-state index contributed by atoms with van der Waals surface area (Å²) in [5.74, 6) is -2.88. The number of carboxylic acid groups (broad SMARTS) is 1. The van der Waals surface area contributed by atoms with Crippen LogP contribution in [0.4, 0.5) is 4.39 Å². The molecule has 0 aromatic heterocycles. The number of rotatable bonds is 8. The van der Waals surface area contributed by atoms with Gasteiger partial charge in [-0.1, -0.05) is 0 Å². The zero-order chi connectivity index (χ0) is 16.0. The molecule has 9 heteroatoms. The molecule has 0 aliphatic carbocycles. The molecular weight excluding hydrogens is 303 g/mol. The monoisotopic (exact) mass is 318 g/mol. The van der Waals surface area contributed by atoms with Crippen molar-refractivity contribution in [3.8, 4) is 0 Å². The average molecular weight is 318 g/mol. The molecule has 0 saturated carbocycles. The van der Waals surface area contributed by atoms with Crippen LogP contribution in [0.3, 0.4) is 0 Å². The van der Waals surface area contributed by atoms with Gasteiger partial charge in [-0.15, -0.1) is 0 Å². The van der Waals surface area contributed by atoms with E-state index in [1.54, 1.807) is 0 Å². The van der Waals surface area contributed by atoms with Crippen molar-refractivity contribution in [2.45, 2.75) is 24.2 Å². The number of carbonyl (C=O) groups excluding carboxylic acids is 1. The topological polar surface area (TPSA) is 127 Å². The first-order chi connectivity index (χ1) is 9.74. The number of aromatic carboxylic acids is 1. The molecule has 7 nitrogen and oxygen atoms in total. The number of carboxylic acids is 1. The van der Waals surface area contributed by atoms with Crippen LogP contribution in [-0.4, -0.2) is 31.9 Å². The highest BCUT2D eigenvalue weighted by Crippen LogP contribution is 2.16. The van der Waals surface area contributed by atoms with Crippen molar-refractivity contribution in [3.63, 3.8) is 0 Å². The van der Waals surface area contributed by atoms with E-state index in [2.05, 4.69) is 4.72 Å². The third-order valence-electron chi connectivity index (χ3n) is 2.61. The lowest BCUT2D eigenvalue weighted by molar-refractivity contribution is -0.118. The summed E-state index contributed by atoms with van der Waals surface area (Å²) in [6.07, 6.45) is 0.877. The third-order valence-corrected chi connectivity index (χ3v) is 4.09. The lowest BCUT2D eigenvalue weighted by atomic mass is 10.2. The van der Waals surface area contributed by atoms with Crippen molar-refractivity contribution >= 4 is 21.9 Å². The smallest absolute Gasteiger partial charge is 0.335 e. The highest BCUT2D eigenvalue weighted by atomic mass is 32.2. The number of amides is 1. The molecule has 1 aromatic rings. The van der Waals surface area contributed by atoms with Gasteiger partial charge in [0, 0.05) is 13.0 Å². The normalized spacial score (nSPS) is 11.3. The Morgan fingerprint density at radius 1 is 1.29 bits per heavy atom. The zero-order valence-corrected chi connectivity index (χ0v) is 11.8. The zero-order valence-electron chi connectivity index (χ0n) is 11.0. The van der Waals surface area contributed by atoms with Gasteiger partial charge >= 0.3 is 5.97 Å². The number of halogens is 1. The number of nitrogens with two attached hydrogens (primary N) is 1. The van der Waals surface area contributed by atoms with Crippen LogP contribution in [0.15, 0.2) is 23.1 Å². The van der Waals surface area contributed by atoms with E-state index in [0.29, 0.717) is 12.8 Å². The average Bonchev–Trinajstić information content (AvgIpc) is 2.37. The van der Waals surface area contributed by atoms with E-state index in [-0.39, 0.29) is 18.5 Å². The first-order valence-electron chi connectivity index (χ1n) is 6.05. The van der Waals surface area contributed by atoms with Crippen LogP contribution in [-0.2, 0) is 14.8 Å². The van der Waals surface area contributed by atoms with E-state index >= 15 is 0 Å². The van der Waals surface area contributed by atoms with Crippen LogP contribution < -0.4 is 10.5 Å². The van der Waals surface area contributed by atoms with Gasteiger partial charge in [0.05, 0.1) is 5.56 Å². The van der Waals surface area contributed by atoms with Crippen molar-refractivity contribution < 1.29 is 27.5 Å². The lowest BCUT2D eigenvalue weighted by Gasteiger charge is -2.08. The molecule has 1 amide bonds. The lowest BCUT2D eigenvalue weighted by Crippen LogP contribution is -2.26. The quantitative estimate of drug-likeness (QED) is 0.600. The van der Waals surface area contributed by atoms with E-state index < -0.39 is 32.6 Å². The van der Waals surface area contributed by atoms with Gasteiger partial charge in [-0.25, -0.2) is 22.3 Å². The maximum Gasteiger partial charge on any atom is 0.335 e. The van der Waals surface area contributed by atoms with Crippen molar-refractivity contribution in [2.75, 3.05) is 6.54 Å². The number of benzene rings is 1. The molecule has 1 rings (SSSR count). The Hall–Kier alpha value is -2.00. The maximum absolute atomic E-state index is 13.5. The summed E-state index contributed by atoms with van der Waals surface area (Å²) in [7, 11) is -4.15. The molecule has 0 aliphatic heterocycles. The second-order valence-corrected chi connectivity index (χ2v) is 6.01. The van der Waals surface area contributed by atoms with E-state index in [1.165, 1.54) is 0 Å². The Morgan fingerprint density at radius 2 is 1.95 bits per heavy atom. The van der Waals surface area contributed by atoms with Gasteiger partial charge in [0.25, 0.3) is 0 Å².